The smallest absolute Gasteiger partial charge is 0.196 e. The molecular formula is C21H20BrN3. The van der Waals surface area contributed by atoms with Crippen molar-refractivity contribution < 1.29 is 0 Å². The van der Waals surface area contributed by atoms with Gasteiger partial charge in [-0.15, -0.1) is 0 Å². The van der Waals surface area contributed by atoms with Crippen molar-refractivity contribution in [1.29, 1.82) is 0 Å². The van der Waals surface area contributed by atoms with Crippen molar-refractivity contribution >= 4 is 38.3 Å². The van der Waals surface area contributed by atoms with Crippen molar-refractivity contribution in [3.63, 3.8) is 0 Å². The lowest BCUT2D eigenvalue weighted by Crippen LogP contribution is -2.36. The Kier molecular flexibility index (Phi) is 4.22. The Bertz CT molecular complexity index is 950. The zero-order chi connectivity index (χ0) is 17.4. The van der Waals surface area contributed by atoms with Crippen LogP contribution in [-0.4, -0.2) is 12.5 Å². The summed E-state index contributed by atoms with van der Waals surface area (Å²) in [6.45, 7) is 3.72. The van der Waals surface area contributed by atoms with Gasteiger partial charge < -0.3 is 10.6 Å². The van der Waals surface area contributed by atoms with E-state index in [1.807, 2.05) is 18.2 Å². The van der Waals surface area contributed by atoms with Crippen LogP contribution in [0.25, 0.3) is 10.8 Å². The predicted molar refractivity (Wildman–Crippen MR) is 109 cm³/mol. The molecule has 1 aliphatic heterocycles. The van der Waals surface area contributed by atoms with E-state index in [1.165, 1.54) is 27.6 Å². The average molecular weight is 394 g/mol. The number of nitrogens with zero attached hydrogens (tertiary/aromatic N) is 2. The fourth-order valence-corrected chi connectivity index (χ4v) is 4.10. The maximum Gasteiger partial charge on any atom is 0.196 e. The number of anilines is 1. The molecule has 0 spiro atoms. The van der Waals surface area contributed by atoms with Gasteiger partial charge in [-0.2, -0.15) is 0 Å². The highest BCUT2D eigenvalue weighted by atomic mass is 79.9. The summed E-state index contributed by atoms with van der Waals surface area (Å²) in [6.07, 6.45) is 0. The van der Waals surface area contributed by atoms with E-state index in [0.29, 0.717) is 18.4 Å². The molecule has 3 aromatic rings. The molecule has 2 N–H and O–H groups in total. The second kappa shape index (κ2) is 6.52. The molecule has 4 rings (SSSR count). The van der Waals surface area contributed by atoms with Gasteiger partial charge in [0, 0.05) is 22.6 Å². The number of nitrogens with two attached hydrogens (primary N) is 1. The average Bonchev–Trinajstić information content (AvgIpc) is 2.98. The van der Waals surface area contributed by atoms with Gasteiger partial charge in [0.25, 0.3) is 0 Å². The summed E-state index contributed by atoms with van der Waals surface area (Å²) in [5.41, 5.74) is 10.0. The van der Waals surface area contributed by atoms with Crippen molar-refractivity contribution in [1.82, 2.24) is 0 Å². The van der Waals surface area contributed by atoms with E-state index in [2.05, 4.69) is 75.2 Å². The van der Waals surface area contributed by atoms with E-state index in [9.17, 15) is 0 Å². The number of hydrogen-bond acceptors (Lipinski definition) is 1. The summed E-state index contributed by atoms with van der Waals surface area (Å²) in [6, 6.07) is 20.9. The Labute approximate surface area is 156 Å². The van der Waals surface area contributed by atoms with Gasteiger partial charge in [-0.25, -0.2) is 4.99 Å². The molecule has 3 nitrogen and oxygen atoms in total. The third kappa shape index (κ3) is 2.91. The molecule has 0 saturated heterocycles. The van der Waals surface area contributed by atoms with Crippen LogP contribution in [0, 0.1) is 0 Å². The van der Waals surface area contributed by atoms with Gasteiger partial charge in [-0.1, -0.05) is 71.4 Å². The zero-order valence-electron chi connectivity index (χ0n) is 14.1. The van der Waals surface area contributed by atoms with Crippen LogP contribution in [0.1, 0.15) is 24.0 Å². The molecule has 3 aromatic carbocycles. The summed E-state index contributed by atoms with van der Waals surface area (Å²) < 4.78 is 1.13. The largest absolute Gasteiger partial charge is 0.370 e. The molecule has 1 aliphatic rings. The Morgan fingerprint density at radius 3 is 2.68 bits per heavy atom. The molecule has 4 heteroatoms. The van der Waals surface area contributed by atoms with E-state index >= 15 is 0 Å². The van der Waals surface area contributed by atoms with Gasteiger partial charge in [-0.3, -0.25) is 0 Å². The minimum atomic E-state index is 0.415. The molecule has 126 valence electrons. The number of hydrogen-bond donors (Lipinski definition) is 1. The summed E-state index contributed by atoms with van der Waals surface area (Å²) in [4.78, 5) is 6.76. The van der Waals surface area contributed by atoms with Crippen LogP contribution in [-0.2, 0) is 6.54 Å². The number of benzene rings is 3. The highest BCUT2D eigenvalue weighted by Gasteiger charge is 2.29. The molecule has 1 unspecified atom stereocenters. The second-order valence-electron chi connectivity index (χ2n) is 6.50. The lowest BCUT2D eigenvalue weighted by Gasteiger charge is -2.19. The number of guanidine groups is 1. The molecule has 0 aliphatic carbocycles. The zero-order valence-corrected chi connectivity index (χ0v) is 15.7. The maximum absolute atomic E-state index is 6.34. The van der Waals surface area contributed by atoms with Crippen molar-refractivity contribution in [2.75, 3.05) is 11.4 Å². The lowest BCUT2D eigenvalue weighted by molar-refractivity contribution is 0.821. The van der Waals surface area contributed by atoms with E-state index in [1.54, 1.807) is 0 Å². The first-order valence-corrected chi connectivity index (χ1v) is 9.27. The molecule has 0 bridgehead atoms. The van der Waals surface area contributed by atoms with E-state index < -0.39 is 0 Å². The summed E-state index contributed by atoms with van der Waals surface area (Å²) in [5, 5.41) is 2.53. The predicted octanol–water partition coefficient (Wildman–Crippen LogP) is 5.04. The molecule has 0 aromatic heterocycles. The molecule has 25 heavy (non-hydrogen) atoms. The third-order valence-corrected chi connectivity index (χ3v) is 5.50. The lowest BCUT2D eigenvalue weighted by atomic mass is 9.96. The Hall–Kier alpha value is -2.33. The molecule has 0 radical (unpaired) electrons. The van der Waals surface area contributed by atoms with Gasteiger partial charge >= 0.3 is 0 Å². The van der Waals surface area contributed by atoms with E-state index in [-0.39, 0.29) is 0 Å². The number of halogens is 1. The standard InChI is InChI=1S/C21H20BrN3/c1-14-13-25(21(23)24-12-15-6-3-2-4-7-15)19-11-10-16-17(20(14)19)8-5-9-18(16)22/h2-11,14H,12-13H2,1H3,(H2,23,24). The van der Waals surface area contributed by atoms with Crippen molar-refractivity contribution in [3.05, 3.63) is 76.3 Å². The topological polar surface area (TPSA) is 41.6 Å². The summed E-state index contributed by atoms with van der Waals surface area (Å²) in [5.74, 6) is 1.00. The van der Waals surface area contributed by atoms with Gasteiger partial charge in [0.15, 0.2) is 5.96 Å². The minimum absolute atomic E-state index is 0.415. The third-order valence-electron chi connectivity index (χ3n) is 4.81. The van der Waals surface area contributed by atoms with E-state index in [0.717, 1.165) is 11.0 Å². The van der Waals surface area contributed by atoms with Crippen LogP contribution in [0.2, 0.25) is 0 Å². The number of fused-ring (bicyclic) bond motifs is 3. The van der Waals surface area contributed by atoms with Crippen LogP contribution in [0.4, 0.5) is 5.69 Å². The fourth-order valence-electron chi connectivity index (χ4n) is 3.61. The molecule has 1 heterocycles. The molecular weight excluding hydrogens is 374 g/mol. The van der Waals surface area contributed by atoms with Crippen LogP contribution >= 0.6 is 15.9 Å². The molecule has 1 atom stereocenters. The SMILES string of the molecule is CC1CN(C(N)=NCc2ccccc2)c2ccc3c(Br)cccc3c21. The van der Waals surface area contributed by atoms with Crippen molar-refractivity contribution in [2.45, 2.75) is 19.4 Å². The van der Waals surface area contributed by atoms with Crippen LogP contribution in [0.15, 0.2) is 70.1 Å². The first-order valence-electron chi connectivity index (χ1n) is 8.47. The summed E-state index contributed by atoms with van der Waals surface area (Å²) >= 11 is 3.66. The van der Waals surface area contributed by atoms with Gasteiger partial charge in [0.05, 0.1) is 6.54 Å². The van der Waals surface area contributed by atoms with Gasteiger partial charge in [-0.05, 0) is 34.0 Å². The number of rotatable bonds is 2. The normalized spacial score (nSPS) is 17.1. The number of aliphatic imine (C=N–C) groups is 1. The highest BCUT2D eigenvalue weighted by Crippen LogP contribution is 2.42. The minimum Gasteiger partial charge on any atom is -0.370 e. The van der Waals surface area contributed by atoms with Crippen LogP contribution in [0.5, 0.6) is 0 Å². The van der Waals surface area contributed by atoms with Gasteiger partial charge in [0.1, 0.15) is 0 Å². The van der Waals surface area contributed by atoms with Crippen LogP contribution in [0.3, 0.4) is 0 Å². The van der Waals surface area contributed by atoms with Crippen molar-refractivity contribution in [3.8, 4) is 0 Å². The fraction of sp³-hybridized carbons (Fsp3) is 0.190. The van der Waals surface area contributed by atoms with Gasteiger partial charge in [0.2, 0.25) is 0 Å². The first kappa shape index (κ1) is 16.2. The van der Waals surface area contributed by atoms with E-state index in [4.69, 9.17) is 5.73 Å². The summed E-state index contributed by atoms with van der Waals surface area (Å²) in [7, 11) is 0. The maximum atomic E-state index is 6.34. The Morgan fingerprint density at radius 1 is 1.08 bits per heavy atom. The monoisotopic (exact) mass is 393 g/mol. The highest BCUT2D eigenvalue weighted by molar-refractivity contribution is 9.10. The second-order valence-corrected chi connectivity index (χ2v) is 7.36. The molecule has 0 amide bonds. The molecule has 0 fully saturated rings. The quantitative estimate of drug-likeness (QED) is 0.489. The molecule has 0 saturated carbocycles. The van der Waals surface area contributed by atoms with Crippen LogP contribution < -0.4 is 10.6 Å². The first-order chi connectivity index (χ1) is 12.1. The Morgan fingerprint density at radius 2 is 1.88 bits per heavy atom. The van der Waals surface area contributed by atoms with Crippen molar-refractivity contribution in [2.24, 2.45) is 10.7 Å². The Balaban J connectivity index is 1.71.